The quantitative estimate of drug-likeness (QED) is 0.585. The van der Waals surface area contributed by atoms with Crippen LogP contribution in [0.5, 0.6) is 0 Å². The molecule has 1 amide bonds. The number of aliphatic hydroxyl groups is 2. The minimum absolute atomic E-state index is 0.124. The van der Waals surface area contributed by atoms with Gasteiger partial charge in [0.25, 0.3) is 10.0 Å². The van der Waals surface area contributed by atoms with E-state index >= 15 is 0 Å². The third kappa shape index (κ3) is 4.17. The zero-order valence-corrected chi connectivity index (χ0v) is 14.7. The highest BCUT2D eigenvalue weighted by Gasteiger charge is 2.49. The van der Waals surface area contributed by atoms with Crippen molar-refractivity contribution >= 4 is 21.9 Å². The largest absolute Gasteiger partial charge is 0.481 e. The summed E-state index contributed by atoms with van der Waals surface area (Å²) in [6.45, 7) is 3.06. The van der Waals surface area contributed by atoms with Crippen LogP contribution in [0.15, 0.2) is 29.2 Å². The van der Waals surface area contributed by atoms with Gasteiger partial charge < -0.3 is 15.3 Å². The van der Waals surface area contributed by atoms with Gasteiger partial charge in [0.15, 0.2) is 0 Å². The second-order valence-corrected chi connectivity index (χ2v) is 8.33. The number of carbonyl (C=O) groups is 2. The van der Waals surface area contributed by atoms with Gasteiger partial charge in [0.05, 0.1) is 28.4 Å². The Hall–Kier alpha value is -1.97. The van der Waals surface area contributed by atoms with E-state index in [0.717, 1.165) is 5.56 Å². The maximum absolute atomic E-state index is 12.4. The SMILES string of the molecule is Cc1ccc(S(=O)(=O)NC(=O)C2CC(C)(O)C(O)CC2C(=O)O)cc1. The van der Waals surface area contributed by atoms with E-state index < -0.39 is 45.4 Å². The number of aliphatic hydroxyl groups excluding tert-OH is 1. The summed E-state index contributed by atoms with van der Waals surface area (Å²) >= 11 is 0. The van der Waals surface area contributed by atoms with Crippen molar-refractivity contribution in [2.75, 3.05) is 0 Å². The van der Waals surface area contributed by atoms with Crippen molar-refractivity contribution in [2.24, 2.45) is 11.8 Å². The average Bonchev–Trinajstić information content (AvgIpc) is 2.49. The smallest absolute Gasteiger partial charge is 0.307 e. The molecule has 0 saturated heterocycles. The molecule has 4 N–H and O–H groups in total. The van der Waals surface area contributed by atoms with Crippen LogP contribution in [-0.2, 0) is 19.6 Å². The summed E-state index contributed by atoms with van der Waals surface area (Å²) in [4.78, 5) is 23.7. The number of carboxylic acids is 1. The van der Waals surface area contributed by atoms with Gasteiger partial charge in [0.1, 0.15) is 0 Å². The van der Waals surface area contributed by atoms with Gasteiger partial charge in [-0.05, 0) is 38.8 Å². The van der Waals surface area contributed by atoms with Gasteiger partial charge in [-0.25, -0.2) is 13.1 Å². The molecule has 25 heavy (non-hydrogen) atoms. The third-order valence-corrected chi connectivity index (χ3v) is 5.90. The molecule has 1 aliphatic carbocycles. The Labute approximate surface area is 145 Å². The first kappa shape index (κ1) is 19.4. The van der Waals surface area contributed by atoms with Crippen molar-refractivity contribution < 1.29 is 33.3 Å². The fraction of sp³-hybridized carbons (Fsp3) is 0.500. The molecule has 138 valence electrons. The number of benzene rings is 1. The van der Waals surface area contributed by atoms with E-state index in [1.54, 1.807) is 19.1 Å². The van der Waals surface area contributed by atoms with E-state index in [1.807, 2.05) is 4.72 Å². The number of sulfonamides is 1. The lowest BCUT2D eigenvalue weighted by Crippen LogP contribution is -2.54. The van der Waals surface area contributed by atoms with Crippen LogP contribution in [0.2, 0.25) is 0 Å². The van der Waals surface area contributed by atoms with E-state index in [-0.39, 0.29) is 17.7 Å². The first-order chi connectivity index (χ1) is 11.4. The number of hydrogen-bond donors (Lipinski definition) is 4. The van der Waals surface area contributed by atoms with Crippen molar-refractivity contribution in [2.45, 2.75) is 43.3 Å². The second kappa shape index (κ2) is 6.74. The predicted octanol–water partition coefficient (Wildman–Crippen LogP) is 0.0226. The van der Waals surface area contributed by atoms with Crippen LogP contribution in [0.1, 0.15) is 25.3 Å². The number of hydrogen-bond acceptors (Lipinski definition) is 6. The predicted molar refractivity (Wildman–Crippen MR) is 87.0 cm³/mol. The molecule has 1 aliphatic rings. The minimum atomic E-state index is -4.16. The normalized spacial score (nSPS) is 29.8. The highest BCUT2D eigenvalue weighted by Crippen LogP contribution is 2.37. The number of nitrogens with one attached hydrogen (secondary N) is 1. The van der Waals surface area contributed by atoms with Crippen molar-refractivity contribution in [3.05, 3.63) is 29.8 Å². The molecular weight excluding hydrogens is 350 g/mol. The second-order valence-electron chi connectivity index (χ2n) is 6.65. The number of carboxylic acid groups (broad SMARTS) is 1. The number of rotatable bonds is 4. The Morgan fingerprint density at radius 3 is 2.28 bits per heavy atom. The number of aryl methyl sites for hydroxylation is 1. The van der Waals surface area contributed by atoms with Crippen LogP contribution in [0.3, 0.4) is 0 Å². The molecule has 2 rings (SSSR count). The molecule has 0 spiro atoms. The summed E-state index contributed by atoms with van der Waals surface area (Å²) in [5.74, 6) is -4.91. The molecule has 1 aromatic carbocycles. The molecule has 0 aliphatic heterocycles. The molecule has 9 heteroatoms. The summed E-state index contributed by atoms with van der Waals surface area (Å²) in [6, 6.07) is 5.81. The van der Waals surface area contributed by atoms with Gasteiger partial charge in [-0.15, -0.1) is 0 Å². The lowest BCUT2D eigenvalue weighted by atomic mass is 9.70. The number of aliphatic carboxylic acids is 1. The molecule has 4 atom stereocenters. The zero-order valence-electron chi connectivity index (χ0n) is 13.8. The molecule has 1 aromatic rings. The fourth-order valence-electron chi connectivity index (χ4n) is 2.92. The van der Waals surface area contributed by atoms with Gasteiger partial charge in [-0.1, -0.05) is 17.7 Å². The van der Waals surface area contributed by atoms with Gasteiger partial charge in [-0.3, -0.25) is 9.59 Å². The third-order valence-electron chi connectivity index (χ3n) is 4.53. The maximum atomic E-state index is 12.4. The number of carbonyl (C=O) groups excluding carboxylic acids is 1. The summed E-state index contributed by atoms with van der Waals surface area (Å²) in [6.07, 6.45) is -2.02. The Kier molecular flexibility index (Phi) is 5.22. The van der Waals surface area contributed by atoms with Crippen LogP contribution in [0, 0.1) is 18.8 Å². The maximum Gasteiger partial charge on any atom is 0.307 e. The lowest BCUT2D eigenvalue weighted by molar-refractivity contribution is -0.164. The topological polar surface area (TPSA) is 141 Å². The van der Waals surface area contributed by atoms with Crippen LogP contribution >= 0.6 is 0 Å². The van der Waals surface area contributed by atoms with E-state index in [1.165, 1.54) is 19.1 Å². The van der Waals surface area contributed by atoms with Crippen LogP contribution in [0.4, 0.5) is 0 Å². The van der Waals surface area contributed by atoms with Crippen LogP contribution in [-0.4, -0.2) is 47.3 Å². The first-order valence-electron chi connectivity index (χ1n) is 7.70. The summed E-state index contributed by atoms with van der Waals surface area (Å²) in [5, 5.41) is 29.2. The van der Waals surface area contributed by atoms with Crippen LogP contribution in [0.25, 0.3) is 0 Å². The molecular formula is C16H21NO7S. The van der Waals surface area contributed by atoms with E-state index in [9.17, 15) is 33.3 Å². The molecule has 0 aromatic heterocycles. The summed E-state index contributed by atoms with van der Waals surface area (Å²) in [5.41, 5.74) is -0.838. The standard InChI is InChI=1S/C16H21NO7S/c1-9-3-5-10(6-4-9)25(23,24)17-14(19)12-8-16(2,22)13(18)7-11(12)15(20)21/h3-6,11-13,18,22H,7-8H2,1-2H3,(H,17,19)(H,20,21). The van der Waals surface area contributed by atoms with Gasteiger partial charge in [0, 0.05) is 0 Å². The average molecular weight is 371 g/mol. The molecule has 1 saturated carbocycles. The Morgan fingerprint density at radius 2 is 1.76 bits per heavy atom. The summed E-state index contributed by atoms with van der Waals surface area (Å²) in [7, 11) is -4.16. The van der Waals surface area contributed by atoms with Gasteiger partial charge in [-0.2, -0.15) is 0 Å². The molecule has 1 fully saturated rings. The Balaban J connectivity index is 2.25. The van der Waals surface area contributed by atoms with Crippen molar-refractivity contribution in [3.63, 3.8) is 0 Å². The lowest BCUT2D eigenvalue weighted by Gasteiger charge is -2.40. The molecule has 0 bridgehead atoms. The van der Waals surface area contributed by atoms with E-state index in [4.69, 9.17) is 0 Å². The Morgan fingerprint density at radius 1 is 1.20 bits per heavy atom. The fourth-order valence-corrected chi connectivity index (χ4v) is 3.94. The van der Waals surface area contributed by atoms with Gasteiger partial charge >= 0.3 is 5.97 Å². The molecule has 8 nitrogen and oxygen atoms in total. The monoisotopic (exact) mass is 371 g/mol. The highest BCUT2D eigenvalue weighted by atomic mass is 32.2. The highest BCUT2D eigenvalue weighted by molar-refractivity contribution is 7.90. The van der Waals surface area contributed by atoms with Crippen molar-refractivity contribution in [1.82, 2.24) is 4.72 Å². The minimum Gasteiger partial charge on any atom is -0.481 e. The molecule has 0 radical (unpaired) electrons. The molecule has 0 heterocycles. The van der Waals surface area contributed by atoms with Crippen molar-refractivity contribution in [1.29, 1.82) is 0 Å². The Bertz CT molecular complexity index is 770. The van der Waals surface area contributed by atoms with E-state index in [0.29, 0.717) is 0 Å². The summed E-state index contributed by atoms with van der Waals surface area (Å²) < 4.78 is 26.5. The van der Waals surface area contributed by atoms with Gasteiger partial charge in [0.2, 0.25) is 5.91 Å². The first-order valence-corrected chi connectivity index (χ1v) is 9.19. The zero-order chi connectivity index (χ0) is 19.0. The number of amides is 1. The van der Waals surface area contributed by atoms with Crippen molar-refractivity contribution in [3.8, 4) is 0 Å². The van der Waals surface area contributed by atoms with Crippen LogP contribution < -0.4 is 4.72 Å². The molecule has 4 unspecified atom stereocenters. The van der Waals surface area contributed by atoms with E-state index in [2.05, 4.69) is 0 Å².